The molecule has 12 heteroatoms. The molecule has 4 bridgehead atoms. The Hall–Kier alpha value is -3.38. The molecule has 2 fully saturated rings. The molecule has 2 amide bonds. The number of hydrogen-bond donors (Lipinski definition) is 2. The van der Waals surface area contributed by atoms with Gasteiger partial charge in [0.1, 0.15) is 36.2 Å². The average molecular weight is 688 g/mol. The molecule has 4 rings (SSSR count). The van der Waals surface area contributed by atoms with Gasteiger partial charge in [-0.2, -0.15) is 0 Å². The predicted molar refractivity (Wildman–Crippen MR) is 183 cm³/mol. The van der Waals surface area contributed by atoms with Crippen LogP contribution >= 0.6 is 11.6 Å². The van der Waals surface area contributed by atoms with E-state index in [1.165, 1.54) is 24.0 Å². The van der Waals surface area contributed by atoms with Crippen molar-refractivity contribution in [1.29, 1.82) is 0 Å². The Bertz CT molecular complexity index is 1500. The van der Waals surface area contributed by atoms with Gasteiger partial charge in [-0.15, -0.1) is 0 Å². The number of nitrogens with one attached hydrogen (secondary N) is 1. The third-order valence-electron chi connectivity index (χ3n) is 10.0. The fraction of sp³-hybridized carbons (Fsp3) is 0.583. The lowest BCUT2D eigenvalue weighted by atomic mass is 9.82. The van der Waals surface area contributed by atoms with Crippen LogP contribution in [0.25, 0.3) is 0 Å². The summed E-state index contributed by atoms with van der Waals surface area (Å²) < 4.78 is 23.4. The molecular formula is C36H50ClN3O8. The topological polar surface area (TPSA) is 130 Å². The van der Waals surface area contributed by atoms with Crippen molar-refractivity contribution < 1.29 is 38.4 Å². The van der Waals surface area contributed by atoms with Gasteiger partial charge >= 0.3 is 5.97 Å². The number of nitrogens with zero attached hydrogens (tertiary/aromatic N) is 2. The Morgan fingerprint density at radius 1 is 1.29 bits per heavy atom. The third kappa shape index (κ3) is 7.91. The molecule has 1 unspecified atom stereocenters. The molecule has 48 heavy (non-hydrogen) atoms. The number of amides is 2. The van der Waals surface area contributed by atoms with Crippen molar-refractivity contribution in [3.05, 3.63) is 64.5 Å². The first-order chi connectivity index (χ1) is 22.4. The number of carbonyl (C=O) groups excluding carboxylic acids is 3. The van der Waals surface area contributed by atoms with Crippen LogP contribution in [-0.2, 0) is 39.8 Å². The van der Waals surface area contributed by atoms with E-state index in [1.54, 1.807) is 20.9 Å². The Morgan fingerprint density at radius 2 is 1.98 bits per heavy atom. The first-order valence-corrected chi connectivity index (χ1v) is 16.7. The number of allylic oxidation sites excluding steroid dienone is 3. The number of carbonyl (C=O) groups is 3. The highest BCUT2D eigenvalue weighted by atomic mass is 35.5. The standard InChI is InChI=1S/C36H50ClN3O8/c1-20-12-11-13-22(3)36(44)18-28(46-25(6)38-36)23(4)33-35(7,48-33)29(47-34(43)24(5)39(8)31(42)19-45-10)17-30(41)40(9)27-16-26(14-20)15-21(2)32(27)37/h11-13,15-16,22-24,28-29,33,38,44H,6,14,17-19H2,1-5,7-10H3/b13-11+,20-12+/t22-,23-,24?,28+,29+,33+,35+,36+/m1/s1. The first-order valence-electron chi connectivity index (χ1n) is 16.3. The summed E-state index contributed by atoms with van der Waals surface area (Å²) in [7, 11) is 4.53. The molecule has 11 nitrogen and oxygen atoms in total. The van der Waals surface area contributed by atoms with Gasteiger partial charge in [-0.1, -0.05) is 55.3 Å². The number of benzene rings is 1. The van der Waals surface area contributed by atoms with Gasteiger partial charge in [0.15, 0.2) is 5.88 Å². The van der Waals surface area contributed by atoms with Crippen molar-refractivity contribution in [2.75, 3.05) is 32.7 Å². The number of likely N-dealkylation sites (N-methyl/N-ethyl adjacent to an activating group) is 1. The van der Waals surface area contributed by atoms with E-state index in [4.69, 9.17) is 30.5 Å². The summed E-state index contributed by atoms with van der Waals surface area (Å²) in [6.45, 7) is 14.9. The number of aryl methyl sites for hydroxylation is 1. The molecule has 0 radical (unpaired) electrons. The maximum Gasteiger partial charge on any atom is 0.328 e. The number of fused-ring (bicyclic) bond motifs is 5. The monoisotopic (exact) mass is 687 g/mol. The van der Waals surface area contributed by atoms with Crippen LogP contribution < -0.4 is 10.2 Å². The smallest absolute Gasteiger partial charge is 0.328 e. The summed E-state index contributed by atoms with van der Waals surface area (Å²) in [5.41, 5.74) is 0.972. The number of methoxy groups -OCH3 is 1. The van der Waals surface area contributed by atoms with Gasteiger partial charge in [0.05, 0.1) is 23.2 Å². The summed E-state index contributed by atoms with van der Waals surface area (Å²) in [6, 6.07) is 2.93. The second-order valence-electron chi connectivity index (χ2n) is 13.7. The number of anilines is 1. The highest BCUT2D eigenvalue weighted by molar-refractivity contribution is 6.34. The molecule has 3 heterocycles. The second kappa shape index (κ2) is 14.6. The number of halogens is 1. The lowest BCUT2D eigenvalue weighted by Gasteiger charge is -2.44. The molecule has 3 aliphatic heterocycles. The number of esters is 1. The van der Waals surface area contributed by atoms with Gasteiger partial charge in [0.2, 0.25) is 11.8 Å². The predicted octanol–water partition coefficient (Wildman–Crippen LogP) is 4.43. The minimum absolute atomic E-state index is 0.196. The number of rotatable bonds is 5. The summed E-state index contributed by atoms with van der Waals surface area (Å²) in [4.78, 5) is 42.7. The summed E-state index contributed by atoms with van der Waals surface area (Å²) in [5.74, 6) is -1.79. The molecular weight excluding hydrogens is 638 g/mol. The van der Waals surface area contributed by atoms with Gasteiger partial charge in [0.25, 0.3) is 0 Å². The molecule has 0 aromatic heterocycles. The van der Waals surface area contributed by atoms with E-state index in [1.807, 2.05) is 58.1 Å². The summed E-state index contributed by atoms with van der Waals surface area (Å²) in [5, 5.41) is 15.2. The molecule has 0 saturated carbocycles. The van der Waals surface area contributed by atoms with E-state index in [0.29, 0.717) is 17.1 Å². The molecule has 1 aromatic rings. The van der Waals surface area contributed by atoms with Crippen LogP contribution in [0.1, 0.15) is 58.6 Å². The fourth-order valence-corrected chi connectivity index (χ4v) is 6.73. The lowest BCUT2D eigenvalue weighted by Crippen LogP contribution is -2.57. The number of epoxide rings is 1. The fourth-order valence-electron chi connectivity index (χ4n) is 6.49. The van der Waals surface area contributed by atoms with Crippen LogP contribution in [0.3, 0.4) is 0 Å². The van der Waals surface area contributed by atoms with Crippen molar-refractivity contribution in [1.82, 2.24) is 10.2 Å². The van der Waals surface area contributed by atoms with Crippen molar-refractivity contribution in [2.24, 2.45) is 11.8 Å². The van der Waals surface area contributed by atoms with Crippen LogP contribution in [0.4, 0.5) is 5.69 Å². The van der Waals surface area contributed by atoms with Gasteiger partial charge in [-0.3, -0.25) is 9.59 Å². The Kier molecular flexibility index (Phi) is 11.4. The highest BCUT2D eigenvalue weighted by Gasteiger charge is 2.64. The molecule has 3 aliphatic rings. The molecule has 264 valence electrons. The van der Waals surface area contributed by atoms with E-state index in [2.05, 4.69) is 11.9 Å². The van der Waals surface area contributed by atoms with E-state index in [0.717, 1.165) is 16.7 Å². The minimum Gasteiger partial charge on any atom is -0.476 e. The lowest BCUT2D eigenvalue weighted by molar-refractivity contribution is -0.162. The zero-order chi connectivity index (χ0) is 35.7. The van der Waals surface area contributed by atoms with Crippen LogP contribution in [0.15, 0.2) is 48.4 Å². The largest absolute Gasteiger partial charge is 0.476 e. The normalized spacial score (nSPS) is 33.3. The van der Waals surface area contributed by atoms with Gasteiger partial charge in [-0.25, -0.2) is 4.79 Å². The van der Waals surface area contributed by atoms with Crippen LogP contribution in [0.5, 0.6) is 0 Å². The SMILES string of the molecule is C=C1N[C@]2(O)C[C@H](O1)[C@@H](C)[C@@H]1O[C@@]1(C)[C@@H](OC(=O)C(C)N(C)C(=O)COC)CC(=O)N(C)c1cc(cc(C)c1Cl)C/C(C)=C/C=C/[C@H]2C. The first kappa shape index (κ1) is 37.4. The second-order valence-corrected chi connectivity index (χ2v) is 14.1. The van der Waals surface area contributed by atoms with Gasteiger partial charge in [0, 0.05) is 39.5 Å². The Balaban J connectivity index is 1.75. The van der Waals surface area contributed by atoms with Crippen molar-refractivity contribution in [2.45, 2.75) is 96.5 Å². The maximum atomic E-state index is 14.0. The van der Waals surface area contributed by atoms with Gasteiger partial charge in [-0.05, 0) is 57.9 Å². The van der Waals surface area contributed by atoms with E-state index < -0.39 is 47.6 Å². The molecule has 1 aromatic carbocycles. The molecule has 2 saturated heterocycles. The van der Waals surface area contributed by atoms with Gasteiger partial charge < -0.3 is 39.2 Å². The van der Waals surface area contributed by atoms with Crippen molar-refractivity contribution >= 4 is 35.1 Å². The highest BCUT2D eigenvalue weighted by Crippen LogP contribution is 2.49. The maximum absolute atomic E-state index is 14.0. The molecule has 2 N–H and O–H groups in total. The van der Waals surface area contributed by atoms with Crippen LogP contribution in [-0.4, -0.2) is 91.3 Å². The van der Waals surface area contributed by atoms with Crippen molar-refractivity contribution in [3.63, 3.8) is 0 Å². The van der Waals surface area contributed by atoms with E-state index in [9.17, 15) is 19.5 Å². The quantitative estimate of drug-likeness (QED) is 0.341. The molecule has 8 atom stereocenters. The third-order valence-corrected chi connectivity index (χ3v) is 10.5. The zero-order valence-corrected chi connectivity index (χ0v) is 30.2. The average Bonchev–Trinajstić information content (AvgIpc) is 3.72. The summed E-state index contributed by atoms with van der Waals surface area (Å²) >= 11 is 6.75. The number of hydrogen-bond acceptors (Lipinski definition) is 9. The Labute approximate surface area is 288 Å². The Morgan fingerprint density at radius 3 is 2.65 bits per heavy atom. The van der Waals surface area contributed by atoms with E-state index >= 15 is 0 Å². The number of aliphatic hydroxyl groups is 1. The zero-order valence-electron chi connectivity index (χ0n) is 29.5. The van der Waals surface area contributed by atoms with Crippen LogP contribution in [0, 0.1) is 18.8 Å². The van der Waals surface area contributed by atoms with E-state index in [-0.39, 0.29) is 43.1 Å². The molecule has 0 spiro atoms. The minimum atomic E-state index is -1.35. The summed E-state index contributed by atoms with van der Waals surface area (Å²) in [6.07, 6.45) is 4.49. The van der Waals surface area contributed by atoms with Crippen LogP contribution in [0.2, 0.25) is 5.02 Å². The molecule has 0 aliphatic carbocycles. The number of ether oxygens (including phenoxy) is 4. The van der Waals surface area contributed by atoms with Crippen molar-refractivity contribution in [3.8, 4) is 0 Å².